The van der Waals surface area contributed by atoms with Gasteiger partial charge in [-0.1, -0.05) is 11.8 Å². The highest BCUT2D eigenvalue weighted by Crippen LogP contribution is 2.26. The molecule has 0 aliphatic heterocycles. The fraction of sp³-hybridized carbons (Fsp3) is 0.111. The second-order valence-electron chi connectivity index (χ2n) is 2.45. The van der Waals surface area contributed by atoms with Gasteiger partial charge in [-0.2, -0.15) is 5.26 Å². The molecular formula is C9H7BrFN3S. The predicted octanol–water partition coefficient (Wildman–Crippen LogP) is 3.01. The Bertz CT molecular complexity index is 428. The zero-order chi connectivity index (χ0) is 11.3. The molecule has 15 heavy (non-hydrogen) atoms. The van der Waals surface area contributed by atoms with E-state index in [4.69, 9.17) is 5.26 Å². The Hall–Kier alpha value is -1.06. The van der Waals surface area contributed by atoms with Crippen LogP contribution in [0.25, 0.3) is 0 Å². The molecule has 0 radical (unpaired) electrons. The van der Waals surface area contributed by atoms with E-state index < -0.39 is 0 Å². The quantitative estimate of drug-likeness (QED) is 0.374. The molecule has 0 amide bonds. The molecule has 1 N–H and O–H groups in total. The molecule has 0 bridgehead atoms. The Balaban J connectivity index is 3.01. The Kier molecular flexibility index (Phi) is 4.59. The Labute approximate surface area is 99.5 Å². The molecular weight excluding hydrogens is 281 g/mol. The topological polar surface area (TPSA) is 48.2 Å². The van der Waals surface area contributed by atoms with Crippen molar-refractivity contribution >= 4 is 38.5 Å². The smallest absolute Gasteiger partial charge is 0.183 e. The first kappa shape index (κ1) is 12.0. The molecule has 0 heterocycles. The number of nitrogens with one attached hydrogen (secondary N) is 1. The zero-order valence-corrected chi connectivity index (χ0v) is 10.2. The van der Waals surface area contributed by atoms with Gasteiger partial charge in [0.1, 0.15) is 5.82 Å². The fourth-order valence-electron chi connectivity index (χ4n) is 0.854. The lowest BCUT2D eigenvalue weighted by Crippen LogP contribution is -2.12. The van der Waals surface area contributed by atoms with Gasteiger partial charge < -0.3 is 0 Å². The van der Waals surface area contributed by atoms with Gasteiger partial charge in [0.25, 0.3) is 0 Å². The number of hydrogen-bond donors (Lipinski definition) is 1. The molecule has 0 saturated heterocycles. The number of aliphatic imine (C=N–C) groups is 1. The summed E-state index contributed by atoms with van der Waals surface area (Å²) in [5, 5.41) is 11.3. The summed E-state index contributed by atoms with van der Waals surface area (Å²) in [5.41, 5.74) is 0.573. The van der Waals surface area contributed by atoms with Crippen molar-refractivity contribution in [3.8, 4) is 6.19 Å². The van der Waals surface area contributed by atoms with Crippen molar-refractivity contribution in [2.75, 3.05) is 6.26 Å². The van der Waals surface area contributed by atoms with Crippen LogP contribution in [-0.2, 0) is 0 Å². The maximum atomic E-state index is 12.8. The molecule has 0 fully saturated rings. The van der Waals surface area contributed by atoms with Crippen LogP contribution in [0.4, 0.5) is 10.1 Å². The van der Waals surface area contributed by atoms with Crippen LogP contribution in [0.15, 0.2) is 27.7 Å². The summed E-state index contributed by atoms with van der Waals surface area (Å²) in [6.45, 7) is 0. The fourth-order valence-corrected chi connectivity index (χ4v) is 1.63. The van der Waals surface area contributed by atoms with Gasteiger partial charge in [-0.15, -0.1) is 0 Å². The third-order valence-electron chi connectivity index (χ3n) is 1.49. The van der Waals surface area contributed by atoms with Gasteiger partial charge in [0.2, 0.25) is 0 Å². The minimum Gasteiger partial charge on any atom is -0.271 e. The number of benzene rings is 1. The maximum absolute atomic E-state index is 12.8. The van der Waals surface area contributed by atoms with Gasteiger partial charge >= 0.3 is 0 Å². The van der Waals surface area contributed by atoms with E-state index in [0.717, 1.165) is 0 Å². The van der Waals surface area contributed by atoms with Crippen LogP contribution >= 0.6 is 27.7 Å². The van der Waals surface area contributed by atoms with Gasteiger partial charge in [-0.05, 0) is 40.4 Å². The van der Waals surface area contributed by atoms with Gasteiger partial charge in [-0.3, -0.25) is 5.32 Å². The second kappa shape index (κ2) is 5.73. The van der Waals surface area contributed by atoms with E-state index in [2.05, 4.69) is 26.2 Å². The van der Waals surface area contributed by atoms with Crippen LogP contribution in [-0.4, -0.2) is 11.4 Å². The highest BCUT2D eigenvalue weighted by atomic mass is 79.9. The number of amidine groups is 1. The third-order valence-corrected chi connectivity index (χ3v) is 2.70. The Morgan fingerprint density at radius 2 is 2.40 bits per heavy atom. The number of hydrogen-bond acceptors (Lipinski definition) is 3. The van der Waals surface area contributed by atoms with Gasteiger partial charge in [0.15, 0.2) is 11.4 Å². The van der Waals surface area contributed by atoms with E-state index in [1.165, 1.54) is 30.0 Å². The molecule has 0 atom stereocenters. The van der Waals surface area contributed by atoms with E-state index >= 15 is 0 Å². The molecule has 0 aromatic heterocycles. The minimum atomic E-state index is -0.334. The number of nitrogens with zero attached hydrogens (tertiary/aromatic N) is 2. The summed E-state index contributed by atoms with van der Waals surface area (Å²) in [6.07, 6.45) is 3.57. The summed E-state index contributed by atoms with van der Waals surface area (Å²) in [4.78, 5) is 4.14. The van der Waals surface area contributed by atoms with Crippen molar-refractivity contribution in [1.29, 1.82) is 5.26 Å². The number of thioether (sulfide) groups is 1. The maximum Gasteiger partial charge on any atom is 0.183 e. The summed E-state index contributed by atoms with van der Waals surface area (Å²) < 4.78 is 13.3. The van der Waals surface area contributed by atoms with E-state index in [9.17, 15) is 4.39 Å². The van der Waals surface area contributed by atoms with Crippen LogP contribution in [0, 0.1) is 17.3 Å². The van der Waals surface area contributed by atoms with Crippen LogP contribution in [0.5, 0.6) is 0 Å². The summed E-state index contributed by atoms with van der Waals surface area (Å²) in [6, 6.07) is 4.17. The van der Waals surface area contributed by atoms with Gasteiger partial charge in [-0.25, -0.2) is 9.38 Å². The molecule has 0 saturated carbocycles. The van der Waals surface area contributed by atoms with Crippen LogP contribution < -0.4 is 5.32 Å². The van der Waals surface area contributed by atoms with Gasteiger partial charge in [0, 0.05) is 4.47 Å². The van der Waals surface area contributed by atoms with Crippen molar-refractivity contribution < 1.29 is 4.39 Å². The SMILES string of the molecule is CSC(=Nc1ccc(F)cc1Br)NC#N. The summed E-state index contributed by atoms with van der Waals surface area (Å²) >= 11 is 4.49. The molecule has 0 aliphatic carbocycles. The molecule has 78 valence electrons. The molecule has 6 heteroatoms. The van der Waals surface area contributed by atoms with Crippen LogP contribution in [0.1, 0.15) is 0 Å². The zero-order valence-electron chi connectivity index (χ0n) is 7.79. The highest BCUT2D eigenvalue weighted by molar-refractivity contribution is 9.10. The van der Waals surface area contributed by atoms with E-state index in [1.807, 2.05) is 0 Å². The molecule has 1 aromatic rings. The number of halogens is 2. The van der Waals surface area contributed by atoms with Crippen molar-refractivity contribution in [3.63, 3.8) is 0 Å². The third kappa shape index (κ3) is 3.53. The van der Waals surface area contributed by atoms with Crippen molar-refractivity contribution in [3.05, 3.63) is 28.5 Å². The molecule has 0 unspecified atom stereocenters. The van der Waals surface area contributed by atoms with Crippen molar-refractivity contribution in [1.82, 2.24) is 5.32 Å². The molecule has 0 spiro atoms. The predicted molar refractivity (Wildman–Crippen MR) is 63.5 cm³/mol. The lowest BCUT2D eigenvalue weighted by atomic mass is 10.3. The molecule has 1 rings (SSSR count). The molecule has 0 aliphatic rings. The van der Waals surface area contributed by atoms with Crippen LogP contribution in [0.3, 0.4) is 0 Å². The Morgan fingerprint density at radius 1 is 1.67 bits per heavy atom. The van der Waals surface area contributed by atoms with Crippen LogP contribution in [0.2, 0.25) is 0 Å². The normalized spacial score (nSPS) is 10.9. The molecule has 3 nitrogen and oxygen atoms in total. The molecule has 1 aromatic carbocycles. The summed E-state index contributed by atoms with van der Waals surface area (Å²) in [5.74, 6) is -0.334. The Morgan fingerprint density at radius 3 is 2.93 bits per heavy atom. The van der Waals surface area contributed by atoms with E-state index in [-0.39, 0.29) is 5.82 Å². The van der Waals surface area contributed by atoms with Gasteiger partial charge in [0.05, 0.1) is 5.69 Å². The first-order valence-corrected chi connectivity index (χ1v) is 5.92. The first-order chi connectivity index (χ1) is 7.17. The first-order valence-electron chi connectivity index (χ1n) is 3.90. The standard InChI is InChI=1S/C9H7BrFN3S/c1-15-9(13-5-12)14-8-3-2-6(11)4-7(8)10/h2-4H,1H3,(H,13,14). The minimum absolute atomic E-state index is 0.334. The summed E-state index contributed by atoms with van der Waals surface area (Å²) in [7, 11) is 0. The second-order valence-corrected chi connectivity index (χ2v) is 4.10. The average Bonchev–Trinajstić information content (AvgIpc) is 2.21. The highest BCUT2D eigenvalue weighted by Gasteiger charge is 2.02. The lowest BCUT2D eigenvalue weighted by Gasteiger charge is -2.01. The number of rotatable bonds is 1. The lowest BCUT2D eigenvalue weighted by molar-refractivity contribution is 0.627. The largest absolute Gasteiger partial charge is 0.271 e. The average molecular weight is 288 g/mol. The van der Waals surface area contributed by atoms with Crippen molar-refractivity contribution in [2.45, 2.75) is 0 Å². The van der Waals surface area contributed by atoms with Crippen molar-refractivity contribution in [2.24, 2.45) is 4.99 Å². The monoisotopic (exact) mass is 287 g/mol. The van der Waals surface area contributed by atoms with E-state index in [0.29, 0.717) is 15.3 Å². The number of nitriles is 1. The van der Waals surface area contributed by atoms with E-state index in [1.54, 1.807) is 12.4 Å².